The lowest BCUT2D eigenvalue weighted by Gasteiger charge is -2.23. The number of anilines is 1. The van der Waals surface area contributed by atoms with Gasteiger partial charge in [0.25, 0.3) is 0 Å². The molecule has 0 radical (unpaired) electrons. The Kier molecular flexibility index (Phi) is 4.56. The normalized spacial score (nSPS) is 12.2. The first-order valence-electron chi connectivity index (χ1n) is 6.69. The molecule has 0 heterocycles. The molecule has 0 bridgehead atoms. The van der Waals surface area contributed by atoms with Gasteiger partial charge < -0.3 is 10.0 Å². The maximum atomic E-state index is 9.31. The first-order valence-corrected chi connectivity index (χ1v) is 7.12. The third kappa shape index (κ3) is 3.45. The zero-order chi connectivity index (χ0) is 14.7. The second-order valence-corrected chi connectivity index (χ2v) is 5.73. The minimum atomic E-state index is -0.0619. The van der Waals surface area contributed by atoms with Crippen molar-refractivity contribution in [2.24, 2.45) is 0 Å². The Morgan fingerprint density at radius 2 is 1.70 bits per heavy atom. The minimum absolute atomic E-state index is 0.0619. The first kappa shape index (κ1) is 14.7. The summed E-state index contributed by atoms with van der Waals surface area (Å²) in [6, 6.07) is 13.5. The lowest BCUT2D eigenvalue weighted by Crippen LogP contribution is -2.21. The fraction of sp³-hybridized carbons (Fsp3) is 0.294. The maximum absolute atomic E-state index is 9.31. The van der Waals surface area contributed by atoms with E-state index in [9.17, 15) is 5.11 Å². The highest BCUT2D eigenvalue weighted by Gasteiger charge is 2.12. The summed E-state index contributed by atoms with van der Waals surface area (Å²) in [5.41, 5.74) is 4.72. The van der Waals surface area contributed by atoms with E-state index in [-0.39, 0.29) is 11.1 Å². The van der Waals surface area contributed by atoms with Gasteiger partial charge in [0.2, 0.25) is 0 Å². The van der Waals surface area contributed by atoms with Crippen LogP contribution in [0.4, 0.5) is 5.69 Å². The molecule has 2 aromatic rings. The van der Waals surface area contributed by atoms with Gasteiger partial charge in [-0.1, -0.05) is 18.2 Å². The van der Waals surface area contributed by atoms with Gasteiger partial charge in [0, 0.05) is 19.3 Å². The predicted molar refractivity (Wildman–Crippen MR) is 85.9 cm³/mol. The van der Waals surface area contributed by atoms with E-state index in [0.717, 1.165) is 17.8 Å². The topological polar surface area (TPSA) is 23.5 Å². The van der Waals surface area contributed by atoms with Crippen LogP contribution in [0.15, 0.2) is 42.5 Å². The molecule has 0 saturated carbocycles. The molecule has 0 aliphatic heterocycles. The van der Waals surface area contributed by atoms with E-state index in [2.05, 4.69) is 36.9 Å². The van der Waals surface area contributed by atoms with Gasteiger partial charge in [-0.05, 0) is 54.8 Å². The average molecular weight is 290 g/mol. The molecule has 2 rings (SSSR count). The summed E-state index contributed by atoms with van der Waals surface area (Å²) >= 11 is 6.52. The predicted octanol–water partition coefficient (Wildman–Crippen LogP) is 4.43. The number of benzene rings is 2. The molecule has 0 aliphatic carbocycles. The molecule has 1 unspecified atom stereocenters. The van der Waals surface area contributed by atoms with Crippen LogP contribution in [-0.4, -0.2) is 18.7 Å². The lowest BCUT2D eigenvalue weighted by molar-refractivity contribution is 0.475. The van der Waals surface area contributed by atoms with E-state index in [1.54, 1.807) is 12.1 Å². The van der Waals surface area contributed by atoms with Gasteiger partial charge in [-0.3, -0.25) is 0 Å². The number of likely N-dealkylation sites (N-methyl/N-ethyl adjacent to an activating group) is 1. The van der Waals surface area contributed by atoms with E-state index in [0.29, 0.717) is 0 Å². The monoisotopic (exact) mass is 289 g/mol. The number of nitrogens with zero attached hydrogens (tertiary/aromatic N) is 1. The molecule has 2 nitrogen and oxygen atoms in total. The summed E-state index contributed by atoms with van der Waals surface area (Å²) < 4.78 is 0. The number of aryl methyl sites for hydroxylation is 2. The van der Waals surface area contributed by atoms with E-state index in [1.807, 2.05) is 19.2 Å². The summed E-state index contributed by atoms with van der Waals surface area (Å²) in [5.74, 6) is 0.277. The molecule has 0 aliphatic rings. The van der Waals surface area contributed by atoms with Crippen molar-refractivity contribution in [2.75, 3.05) is 18.5 Å². The van der Waals surface area contributed by atoms with Crippen LogP contribution in [0, 0.1) is 13.8 Å². The Bertz CT molecular complexity index is 580. The van der Waals surface area contributed by atoms with E-state index < -0.39 is 0 Å². The maximum Gasteiger partial charge on any atom is 0.115 e. The van der Waals surface area contributed by atoms with Gasteiger partial charge in [0.15, 0.2) is 0 Å². The van der Waals surface area contributed by atoms with Crippen molar-refractivity contribution in [2.45, 2.75) is 19.2 Å². The van der Waals surface area contributed by atoms with Crippen LogP contribution in [0.5, 0.6) is 5.75 Å². The molecule has 20 heavy (non-hydrogen) atoms. The second-order valence-electron chi connectivity index (χ2n) is 5.21. The van der Waals surface area contributed by atoms with Gasteiger partial charge >= 0.3 is 0 Å². The molecule has 0 fully saturated rings. The van der Waals surface area contributed by atoms with Crippen molar-refractivity contribution in [3.05, 3.63) is 59.2 Å². The Morgan fingerprint density at radius 1 is 1.05 bits per heavy atom. The molecular formula is C17H20ClNO. The number of halogens is 1. The smallest absolute Gasteiger partial charge is 0.115 e. The van der Waals surface area contributed by atoms with Crippen LogP contribution in [0.1, 0.15) is 22.1 Å². The highest BCUT2D eigenvalue weighted by atomic mass is 35.5. The molecule has 0 saturated heterocycles. The Morgan fingerprint density at radius 3 is 2.30 bits per heavy atom. The Hall–Kier alpha value is -1.67. The third-order valence-electron chi connectivity index (χ3n) is 3.62. The fourth-order valence-corrected chi connectivity index (χ4v) is 2.46. The van der Waals surface area contributed by atoms with Crippen LogP contribution in [0.3, 0.4) is 0 Å². The molecule has 0 amide bonds. The van der Waals surface area contributed by atoms with Crippen LogP contribution in [0.25, 0.3) is 0 Å². The van der Waals surface area contributed by atoms with Crippen molar-refractivity contribution in [3.63, 3.8) is 0 Å². The van der Waals surface area contributed by atoms with Crippen molar-refractivity contribution >= 4 is 17.3 Å². The van der Waals surface area contributed by atoms with E-state index in [1.165, 1.54) is 11.1 Å². The van der Waals surface area contributed by atoms with Gasteiger partial charge in [-0.15, -0.1) is 11.6 Å². The Balaban J connectivity index is 2.08. The van der Waals surface area contributed by atoms with Gasteiger partial charge in [0.1, 0.15) is 5.75 Å². The number of phenols is 1. The zero-order valence-electron chi connectivity index (χ0n) is 12.1. The number of hydrogen-bond donors (Lipinski definition) is 1. The largest absolute Gasteiger partial charge is 0.508 e. The molecule has 3 heteroatoms. The summed E-state index contributed by atoms with van der Waals surface area (Å²) in [6.45, 7) is 4.92. The fourth-order valence-electron chi connectivity index (χ4n) is 2.12. The van der Waals surface area contributed by atoms with Gasteiger partial charge in [-0.2, -0.15) is 0 Å². The molecular weight excluding hydrogens is 270 g/mol. The average Bonchev–Trinajstić information content (AvgIpc) is 2.42. The van der Waals surface area contributed by atoms with Gasteiger partial charge in [-0.25, -0.2) is 0 Å². The van der Waals surface area contributed by atoms with Crippen LogP contribution in [-0.2, 0) is 0 Å². The first-order chi connectivity index (χ1) is 9.47. The SMILES string of the molecule is Cc1ccc(C(Cl)CN(C)c2ccc(O)cc2)cc1C. The van der Waals surface area contributed by atoms with Gasteiger partial charge in [0.05, 0.1) is 5.38 Å². The summed E-state index contributed by atoms with van der Waals surface area (Å²) in [5, 5.41) is 9.25. The quantitative estimate of drug-likeness (QED) is 0.842. The summed E-state index contributed by atoms with van der Waals surface area (Å²) in [7, 11) is 2.00. The molecule has 106 valence electrons. The molecule has 1 atom stereocenters. The highest BCUT2D eigenvalue weighted by Crippen LogP contribution is 2.26. The Labute approximate surface area is 125 Å². The third-order valence-corrected chi connectivity index (χ3v) is 4.01. The summed E-state index contributed by atoms with van der Waals surface area (Å²) in [4.78, 5) is 2.09. The van der Waals surface area contributed by atoms with Crippen molar-refractivity contribution < 1.29 is 5.11 Å². The number of alkyl halides is 1. The highest BCUT2D eigenvalue weighted by molar-refractivity contribution is 6.21. The van der Waals surface area contributed by atoms with E-state index >= 15 is 0 Å². The summed E-state index contributed by atoms with van der Waals surface area (Å²) in [6.07, 6.45) is 0. The second kappa shape index (κ2) is 6.19. The van der Waals surface area contributed by atoms with Crippen LogP contribution in [0.2, 0.25) is 0 Å². The number of aromatic hydroxyl groups is 1. The molecule has 2 aromatic carbocycles. The van der Waals surface area contributed by atoms with Crippen molar-refractivity contribution in [3.8, 4) is 5.75 Å². The van der Waals surface area contributed by atoms with Crippen molar-refractivity contribution in [1.29, 1.82) is 0 Å². The number of hydrogen-bond acceptors (Lipinski definition) is 2. The zero-order valence-corrected chi connectivity index (χ0v) is 12.9. The molecule has 1 N–H and O–H groups in total. The molecule has 0 aromatic heterocycles. The van der Waals surface area contributed by atoms with Crippen LogP contribution < -0.4 is 4.90 Å². The minimum Gasteiger partial charge on any atom is -0.508 e. The van der Waals surface area contributed by atoms with E-state index in [4.69, 9.17) is 11.6 Å². The molecule has 0 spiro atoms. The standard InChI is InChI=1S/C17H20ClNO/c1-12-4-5-14(10-13(12)2)17(18)11-19(3)15-6-8-16(20)9-7-15/h4-10,17,20H,11H2,1-3H3. The van der Waals surface area contributed by atoms with Crippen LogP contribution >= 0.6 is 11.6 Å². The number of rotatable bonds is 4. The lowest BCUT2D eigenvalue weighted by atomic mass is 10.0. The van der Waals surface area contributed by atoms with Crippen molar-refractivity contribution in [1.82, 2.24) is 0 Å². The number of phenolic OH excluding ortho intramolecular Hbond substituents is 1.